The van der Waals surface area contributed by atoms with E-state index in [0.29, 0.717) is 36.2 Å². The first-order valence-electron chi connectivity index (χ1n) is 4.38. The van der Waals surface area contributed by atoms with Crippen molar-refractivity contribution in [2.75, 3.05) is 26.3 Å². The highest BCUT2D eigenvalue weighted by atomic mass is 35.5. The number of hydrogen-bond acceptors (Lipinski definition) is 3. The first-order valence-corrected chi connectivity index (χ1v) is 5.64. The van der Waals surface area contributed by atoms with Gasteiger partial charge >= 0.3 is 0 Å². The summed E-state index contributed by atoms with van der Waals surface area (Å²) in [5, 5.41) is 2.40. The largest absolute Gasteiger partial charge is 0.378 e. The van der Waals surface area contributed by atoms with E-state index < -0.39 is 0 Å². The fourth-order valence-corrected chi connectivity index (χ4v) is 2.39. The second-order valence-electron chi connectivity index (χ2n) is 3.03. The number of halogens is 1. The Labute approximate surface area is 91.2 Å². The molecule has 0 bridgehead atoms. The number of hydrogen-bond donors (Lipinski definition) is 0. The van der Waals surface area contributed by atoms with Crippen LogP contribution in [0, 0.1) is 0 Å². The lowest BCUT2D eigenvalue weighted by atomic mass is 10.3. The Balaban J connectivity index is 2.07. The second-order valence-corrected chi connectivity index (χ2v) is 4.38. The molecule has 0 aliphatic carbocycles. The van der Waals surface area contributed by atoms with E-state index in [4.69, 9.17) is 16.3 Å². The van der Waals surface area contributed by atoms with Crippen LogP contribution in [0.3, 0.4) is 0 Å². The number of amides is 1. The Hall–Kier alpha value is -0.580. The first kappa shape index (κ1) is 9.96. The van der Waals surface area contributed by atoms with Crippen LogP contribution in [0.5, 0.6) is 0 Å². The second kappa shape index (κ2) is 4.29. The normalized spacial score (nSPS) is 17.1. The number of rotatable bonds is 1. The van der Waals surface area contributed by atoms with Gasteiger partial charge in [0.15, 0.2) is 0 Å². The Bertz CT molecular complexity index is 333. The molecule has 0 spiro atoms. The van der Waals surface area contributed by atoms with Gasteiger partial charge in [-0.2, -0.15) is 0 Å². The summed E-state index contributed by atoms with van der Waals surface area (Å²) in [5.74, 6) is 0.0604. The van der Waals surface area contributed by atoms with Gasteiger partial charge in [-0.3, -0.25) is 4.79 Å². The number of carbonyl (C=O) groups excluding carboxylic acids is 1. The predicted molar refractivity (Wildman–Crippen MR) is 56.1 cm³/mol. The fourth-order valence-electron chi connectivity index (χ4n) is 1.35. The first-order chi connectivity index (χ1) is 6.77. The summed E-state index contributed by atoms with van der Waals surface area (Å²) < 4.78 is 5.17. The molecule has 76 valence electrons. The van der Waals surface area contributed by atoms with Crippen molar-refractivity contribution in [2.24, 2.45) is 0 Å². The van der Waals surface area contributed by atoms with Crippen molar-refractivity contribution in [1.29, 1.82) is 0 Å². The van der Waals surface area contributed by atoms with Crippen molar-refractivity contribution in [3.63, 3.8) is 0 Å². The van der Waals surface area contributed by atoms with Crippen molar-refractivity contribution in [1.82, 2.24) is 4.90 Å². The molecule has 0 saturated carbocycles. The molecule has 1 amide bonds. The maximum absolute atomic E-state index is 11.8. The lowest BCUT2D eigenvalue weighted by Crippen LogP contribution is -2.40. The zero-order valence-electron chi connectivity index (χ0n) is 7.53. The third-order valence-corrected chi connectivity index (χ3v) is 3.34. The summed E-state index contributed by atoms with van der Waals surface area (Å²) in [6.07, 6.45) is 0. The molecule has 3 nitrogen and oxygen atoms in total. The van der Waals surface area contributed by atoms with E-state index in [0.717, 1.165) is 0 Å². The number of ether oxygens (including phenoxy) is 1. The van der Waals surface area contributed by atoms with Gasteiger partial charge in [0, 0.05) is 18.5 Å². The van der Waals surface area contributed by atoms with Crippen LogP contribution in [0.1, 0.15) is 9.67 Å². The molecule has 1 aliphatic heterocycles. The van der Waals surface area contributed by atoms with Crippen molar-refractivity contribution < 1.29 is 9.53 Å². The predicted octanol–water partition coefficient (Wildman–Crippen LogP) is 1.87. The summed E-state index contributed by atoms with van der Waals surface area (Å²) >= 11 is 7.15. The zero-order chi connectivity index (χ0) is 9.97. The minimum Gasteiger partial charge on any atom is -0.378 e. The lowest BCUT2D eigenvalue weighted by molar-refractivity contribution is 0.0306. The van der Waals surface area contributed by atoms with Crippen LogP contribution >= 0.6 is 22.9 Å². The lowest BCUT2D eigenvalue weighted by Gasteiger charge is -2.26. The van der Waals surface area contributed by atoms with Crippen LogP contribution in [0.15, 0.2) is 11.4 Å². The van der Waals surface area contributed by atoms with Gasteiger partial charge in [0.25, 0.3) is 5.91 Å². The monoisotopic (exact) mass is 231 g/mol. The molecule has 14 heavy (non-hydrogen) atoms. The van der Waals surface area contributed by atoms with Crippen LogP contribution < -0.4 is 0 Å². The molecule has 2 heterocycles. The minimum atomic E-state index is 0.0604. The topological polar surface area (TPSA) is 29.5 Å². The molecule has 0 atom stereocenters. The number of carbonyl (C=O) groups is 1. The molecule has 1 saturated heterocycles. The van der Waals surface area contributed by atoms with Crippen LogP contribution in [-0.2, 0) is 4.74 Å². The van der Waals surface area contributed by atoms with Crippen molar-refractivity contribution in [3.05, 3.63) is 21.3 Å². The number of nitrogens with zero attached hydrogens (tertiary/aromatic N) is 1. The smallest absolute Gasteiger partial charge is 0.264 e. The molecule has 1 aliphatic rings. The summed E-state index contributed by atoms with van der Waals surface area (Å²) in [7, 11) is 0. The van der Waals surface area contributed by atoms with Crippen molar-refractivity contribution >= 4 is 28.8 Å². The molecule has 5 heteroatoms. The van der Waals surface area contributed by atoms with E-state index in [1.54, 1.807) is 16.3 Å². The molecule has 1 aromatic rings. The summed E-state index contributed by atoms with van der Waals surface area (Å²) in [6.45, 7) is 2.61. The standard InChI is InChI=1S/C9H10ClNO2S/c10-7-5-8(14-6-7)9(12)11-1-3-13-4-2-11/h5-6H,1-4H2. The Morgan fingerprint density at radius 2 is 2.21 bits per heavy atom. The third kappa shape index (κ3) is 2.08. The van der Waals surface area contributed by atoms with E-state index in [2.05, 4.69) is 0 Å². The van der Waals surface area contributed by atoms with E-state index >= 15 is 0 Å². The quantitative estimate of drug-likeness (QED) is 0.739. The van der Waals surface area contributed by atoms with Crippen molar-refractivity contribution in [3.8, 4) is 0 Å². The SMILES string of the molecule is O=C(c1cc(Cl)cs1)N1CCOCC1. The van der Waals surface area contributed by atoms with Crippen LogP contribution in [0.4, 0.5) is 0 Å². The highest BCUT2D eigenvalue weighted by Gasteiger charge is 2.19. The maximum atomic E-state index is 11.8. The Morgan fingerprint density at radius 1 is 1.50 bits per heavy atom. The molecule has 0 unspecified atom stereocenters. The van der Waals surface area contributed by atoms with Crippen LogP contribution in [-0.4, -0.2) is 37.1 Å². The highest BCUT2D eigenvalue weighted by molar-refractivity contribution is 7.12. The van der Waals surface area contributed by atoms with Gasteiger partial charge in [-0.1, -0.05) is 11.6 Å². The highest BCUT2D eigenvalue weighted by Crippen LogP contribution is 2.20. The molecule has 0 radical (unpaired) electrons. The summed E-state index contributed by atoms with van der Waals surface area (Å²) in [4.78, 5) is 14.3. The minimum absolute atomic E-state index is 0.0604. The average molecular weight is 232 g/mol. The van der Waals surface area contributed by atoms with Gasteiger partial charge in [-0.05, 0) is 6.07 Å². The maximum Gasteiger partial charge on any atom is 0.264 e. The third-order valence-electron chi connectivity index (χ3n) is 2.08. The molecular formula is C9H10ClNO2S. The van der Waals surface area contributed by atoms with E-state index in [1.807, 2.05) is 0 Å². The molecular weight excluding hydrogens is 222 g/mol. The van der Waals surface area contributed by atoms with E-state index in [9.17, 15) is 4.79 Å². The molecule has 1 fully saturated rings. The summed E-state index contributed by atoms with van der Waals surface area (Å²) in [5.41, 5.74) is 0. The van der Waals surface area contributed by atoms with Crippen LogP contribution in [0.2, 0.25) is 5.02 Å². The van der Waals surface area contributed by atoms with E-state index in [-0.39, 0.29) is 5.91 Å². The van der Waals surface area contributed by atoms with E-state index in [1.165, 1.54) is 11.3 Å². The Morgan fingerprint density at radius 3 is 2.79 bits per heavy atom. The average Bonchev–Trinajstić information content (AvgIpc) is 2.65. The van der Waals surface area contributed by atoms with Gasteiger partial charge in [0.1, 0.15) is 0 Å². The molecule has 1 aromatic heterocycles. The fraction of sp³-hybridized carbons (Fsp3) is 0.444. The van der Waals surface area contributed by atoms with Gasteiger partial charge in [0.2, 0.25) is 0 Å². The van der Waals surface area contributed by atoms with Crippen LogP contribution in [0.25, 0.3) is 0 Å². The summed E-state index contributed by atoms with van der Waals surface area (Å²) in [6, 6.07) is 1.71. The zero-order valence-corrected chi connectivity index (χ0v) is 9.11. The molecule has 0 N–H and O–H groups in total. The van der Waals surface area contributed by atoms with Gasteiger partial charge < -0.3 is 9.64 Å². The molecule has 2 rings (SSSR count). The Kier molecular flexibility index (Phi) is 3.05. The number of morpholine rings is 1. The van der Waals surface area contributed by atoms with Crippen molar-refractivity contribution in [2.45, 2.75) is 0 Å². The number of thiophene rings is 1. The van der Waals surface area contributed by atoms with Gasteiger partial charge in [-0.15, -0.1) is 11.3 Å². The van der Waals surface area contributed by atoms with Gasteiger partial charge in [-0.25, -0.2) is 0 Å². The van der Waals surface area contributed by atoms with Gasteiger partial charge in [0.05, 0.1) is 23.1 Å². The molecule has 0 aromatic carbocycles.